The van der Waals surface area contributed by atoms with Crippen LogP contribution in [-0.4, -0.2) is 41.4 Å². The topological polar surface area (TPSA) is 57.6 Å². The Bertz CT molecular complexity index is 207. The number of Topliss-reactive ketones (excluding diaryl/α,β-unsaturated/α-hetero) is 1. The second-order valence-electron chi connectivity index (χ2n) is 3.42. The minimum Gasteiger partial charge on any atom is -0.387 e. The molecular weight excluding hydrogens is 170 g/mol. The summed E-state index contributed by atoms with van der Waals surface area (Å²) in [4.78, 5) is 23.6. The van der Waals surface area contributed by atoms with E-state index in [0.717, 1.165) is 12.8 Å². The summed E-state index contributed by atoms with van der Waals surface area (Å²) >= 11 is 0. The summed E-state index contributed by atoms with van der Waals surface area (Å²) in [5.41, 5.74) is 0. The van der Waals surface area contributed by atoms with Gasteiger partial charge in [-0.3, -0.25) is 9.59 Å². The Hall–Kier alpha value is -0.900. The quantitative estimate of drug-likeness (QED) is 0.648. The minimum absolute atomic E-state index is 0.114. The van der Waals surface area contributed by atoms with Crippen molar-refractivity contribution in [2.45, 2.75) is 19.8 Å². The van der Waals surface area contributed by atoms with Crippen LogP contribution in [0.2, 0.25) is 0 Å². The largest absolute Gasteiger partial charge is 0.387 e. The van der Waals surface area contributed by atoms with Crippen LogP contribution in [0.25, 0.3) is 0 Å². The standard InChI is InChI=1S/C9H15NO3/c1-7(12)8-2-4-10(5-3-8)9(13)6-11/h8,11H,2-6H2,1H3. The van der Waals surface area contributed by atoms with Crippen molar-refractivity contribution in [1.82, 2.24) is 4.90 Å². The van der Waals surface area contributed by atoms with Crippen LogP contribution in [0.4, 0.5) is 0 Å². The minimum atomic E-state index is -0.426. The summed E-state index contributed by atoms with van der Waals surface area (Å²) in [7, 11) is 0. The van der Waals surface area contributed by atoms with Gasteiger partial charge in [-0.05, 0) is 19.8 Å². The molecule has 0 bridgehead atoms. The highest BCUT2D eigenvalue weighted by atomic mass is 16.3. The number of aliphatic hydroxyl groups is 1. The molecule has 0 aromatic heterocycles. The number of piperidine rings is 1. The summed E-state index contributed by atoms with van der Waals surface area (Å²) < 4.78 is 0. The van der Waals surface area contributed by atoms with Crippen molar-refractivity contribution in [3.8, 4) is 0 Å². The third-order valence-electron chi connectivity index (χ3n) is 2.56. The summed E-state index contributed by atoms with van der Waals surface area (Å²) in [6.07, 6.45) is 1.47. The first-order valence-corrected chi connectivity index (χ1v) is 4.54. The number of ketones is 1. The van der Waals surface area contributed by atoms with E-state index >= 15 is 0 Å². The fourth-order valence-electron chi connectivity index (χ4n) is 1.64. The van der Waals surface area contributed by atoms with Gasteiger partial charge in [0, 0.05) is 19.0 Å². The summed E-state index contributed by atoms with van der Waals surface area (Å²) in [5.74, 6) is 0.0841. The molecule has 4 heteroatoms. The smallest absolute Gasteiger partial charge is 0.248 e. The Morgan fingerprint density at radius 1 is 1.38 bits per heavy atom. The molecule has 0 atom stereocenters. The molecule has 1 aliphatic rings. The van der Waals surface area contributed by atoms with Gasteiger partial charge in [0.05, 0.1) is 0 Å². The Morgan fingerprint density at radius 3 is 2.31 bits per heavy atom. The zero-order chi connectivity index (χ0) is 9.84. The number of carbonyl (C=O) groups is 2. The third kappa shape index (κ3) is 2.52. The molecule has 1 saturated heterocycles. The average Bonchev–Trinajstić information content (AvgIpc) is 2.17. The fraction of sp³-hybridized carbons (Fsp3) is 0.778. The van der Waals surface area contributed by atoms with E-state index in [0.29, 0.717) is 13.1 Å². The Morgan fingerprint density at radius 2 is 1.92 bits per heavy atom. The van der Waals surface area contributed by atoms with E-state index in [-0.39, 0.29) is 17.6 Å². The van der Waals surface area contributed by atoms with Gasteiger partial charge in [-0.2, -0.15) is 0 Å². The van der Waals surface area contributed by atoms with Crippen molar-refractivity contribution >= 4 is 11.7 Å². The monoisotopic (exact) mass is 185 g/mol. The van der Waals surface area contributed by atoms with E-state index in [1.54, 1.807) is 11.8 Å². The number of rotatable bonds is 2. The maximum atomic E-state index is 11.0. The molecule has 0 spiro atoms. The van der Waals surface area contributed by atoms with Crippen molar-refractivity contribution < 1.29 is 14.7 Å². The molecule has 1 heterocycles. The normalized spacial score (nSPS) is 18.8. The molecule has 1 rings (SSSR count). The lowest BCUT2D eigenvalue weighted by molar-refractivity contribution is -0.137. The molecule has 1 aliphatic heterocycles. The highest BCUT2D eigenvalue weighted by Gasteiger charge is 2.24. The zero-order valence-corrected chi connectivity index (χ0v) is 7.82. The van der Waals surface area contributed by atoms with E-state index in [1.807, 2.05) is 0 Å². The Kier molecular flexibility index (Phi) is 3.42. The van der Waals surface area contributed by atoms with Crippen LogP contribution in [0, 0.1) is 5.92 Å². The maximum Gasteiger partial charge on any atom is 0.248 e. The van der Waals surface area contributed by atoms with Gasteiger partial charge >= 0.3 is 0 Å². The molecule has 0 radical (unpaired) electrons. The van der Waals surface area contributed by atoms with Gasteiger partial charge in [-0.15, -0.1) is 0 Å². The van der Waals surface area contributed by atoms with Gasteiger partial charge in [0.15, 0.2) is 0 Å². The molecule has 4 nitrogen and oxygen atoms in total. The van der Waals surface area contributed by atoms with Crippen molar-refractivity contribution in [3.05, 3.63) is 0 Å². The molecule has 0 aliphatic carbocycles. The first-order chi connectivity index (χ1) is 6.15. The number of amides is 1. The van der Waals surface area contributed by atoms with Crippen LogP contribution in [0.5, 0.6) is 0 Å². The van der Waals surface area contributed by atoms with Gasteiger partial charge in [0.25, 0.3) is 0 Å². The summed E-state index contributed by atoms with van der Waals surface area (Å²) in [5, 5.41) is 8.60. The molecule has 1 N–H and O–H groups in total. The second-order valence-corrected chi connectivity index (χ2v) is 3.42. The predicted molar refractivity (Wildman–Crippen MR) is 47.1 cm³/mol. The molecule has 13 heavy (non-hydrogen) atoms. The van der Waals surface area contributed by atoms with E-state index in [1.165, 1.54) is 0 Å². The lowest BCUT2D eigenvalue weighted by Gasteiger charge is -2.30. The first kappa shape index (κ1) is 10.2. The molecule has 1 amide bonds. The van der Waals surface area contributed by atoms with Gasteiger partial charge in [-0.1, -0.05) is 0 Å². The predicted octanol–water partition coefficient (Wildman–Crippen LogP) is -0.194. The van der Waals surface area contributed by atoms with Crippen LogP contribution in [-0.2, 0) is 9.59 Å². The van der Waals surface area contributed by atoms with Crippen LogP contribution in [0.3, 0.4) is 0 Å². The first-order valence-electron chi connectivity index (χ1n) is 4.54. The number of hydrogen-bond acceptors (Lipinski definition) is 3. The molecule has 0 aromatic rings. The van der Waals surface area contributed by atoms with E-state index < -0.39 is 6.61 Å². The van der Waals surface area contributed by atoms with Gasteiger partial charge in [-0.25, -0.2) is 0 Å². The van der Waals surface area contributed by atoms with Crippen LogP contribution in [0.15, 0.2) is 0 Å². The van der Waals surface area contributed by atoms with Crippen molar-refractivity contribution in [2.75, 3.05) is 19.7 Å². The number of likely N-dealkylation sites (tertiary alicyclic amines) is 1. The van der Waals surface area contributed by atoms with Gasteiger partial charge < -0.3 is 10.0 Å². The molecular formula is C9H15NO3. The molecule has 0 saturated carbocycles. The van der Waals surface area contributed by atoms with Crippen molar-refractivity contribution in [3.63, 3.8) is 0 Å². The summed E-state index contributed by atoms with van der Waals surface area (Å²) in [6, 6.07) is 0. The van der Waals surface area contributed by atoms with E-state index in [2.05, 4.69) is 0 Å². The lowest BCUT2D eigenvalue weighted by Crippen LogP contribution is -2.41. The van der Waals surface area contributed by atoms with Gasteiger partial charge in [0.2, 0.25) is 5.91 Å². The Labute approximate surface area is 77.5 Å². The molecule has 74 valence electrons. The summed E-state index contributed by atoms with van der Waals surface area (Å²) in [6.45, 7) is 2.37. The molecule has 1 fully saturated rings. The van der Waals surface area contributed by atoms with Crippen molar-refractivity contribution in [2.24, 2.45) is 5.92 Å². The van der Waals surface area contributed by atoms with Crippen molar-refractivity contribution in [1.29, 1.82) is 0 Å². The van der Waals surface area contributed by atoms with Crippen LogP contribution in [0.1, 0.15) is 19.8 Å². The maximum absolute atomic E-state index is 11.0. The van der Waals surface area contributed by atoms with Crippen LogP contribution < -0.4 is 0 Å². The number of hydrogen-bond donors (Lipinski definition) is 1. The van der Waals surface area contributed by atoms with E-state index in [4.69, 9.17) is 5.11 Å². The molecule has 0 aromatic carbocycles. The van der Waals surface area contributed by atoms with E-state index in [9.17, 15) is 9.59 Å². The number of nitrogens with zero attached hydrogens (tertiary/aromatic N) is 1. The molecule has 0 unspecified atom stereocenters. The van der Waals surface area contributed by atoms with Gasteiger partial charge in [0.1, 0.15) is 12.4 Å². The lowest BCUT2D eigenvalue weighted by atomic mass is 9.93. The third-order valence-corrected chi connectivity index (χ3v) is 2.56. The number of carbonyl (C=O) groups excluding carboxylic acids is 2. The number of aliphatic hydroxyl groups excluding tert-OH is 1. The van der Waals surface area contributed by atoms with Crippen LogP contribution >= 0.6 is 0 Å². The fourth-order valence-corrected chi connectivity index (χ4v) is 1.64. The zero-order valence-electron chi connectivity index (χ0n) is 7.82. The highest BCUT2D eigenvalue weighted by molar-refractivity contribution is 5.80. The highest BCUT2D eigenvalue weighted by Crippen LogP contribution is 2.17. The Balaban J connectivity index is 2.39. The SMILES string of the molecule is CC(=O)C1CCN(C(=O)CO)CC1. The second kappa shape index (κ2) is 4.37. The average molecular weight is 185 g/mol.